The molecule has 31 heavy (non-hydrogen) atoms. The monoisotopic (exact) mass is 448 g/mol. The summed E-state index contributed by atoms with van der Waals surface area (Å²) in [6.07, 6.45) is 1.05. The molecule has 3 aromatic carbocycles. The average Bonchev–Trinajstić information content (AvgIpc) is 3.27. The van der Waals surface area contributed by atoms with E-state index in [1.165, 1.54) is 45.5 Å². The maximum Gasteiger partial charge on any atom is -0.0253 e. The molecule has 2 nitrogen and oxygen atoms in total. The smallest absolute Gasteiger partial charge is 0.0253 e. The number of hydrogen-bond acceptors (Lipinski definition) is 2. The van der Waals surface area contributed by atoms with Gasteiger partial charge in [-0.25, -0.2) is 11.6 Å². The van der Waals surface area contributed by atoms with Crippen molar-refractivity contribution in [2.24, 2.45) is 0 Å². The van der Waals surface area contributed by atoms with E-state index in [0.29, 0.717) is 0 Å². The van der Waals surface area contributed by atoms with Crippen LogP contribution in [0.2, 0.25) is 0 Å². The predicted octanol–water partition coefficient (Wildman–Crippen LogP) is 5.28. The summed E-state index contributed by atoms with van der Waals surface area (Å²) in [5, 5.41) is 18.7. The fourth-order valence-corrected chi connectivity index (χ4v) is 2.47. The van der Waals surface area contributed by atoms with Gasteiger partial charge in [0.15, 0.2) is 0 Å². The van der Waals surface area contributed by atoms with Crippen LogP contribution in [0.4, 0.5) is 0 Å². The topological polar surface area (TPSA) is 46.1 Å². The van der Waals surface area contributed by atoms with E-state index in [4.69, 9.17) is 0 Å². The minimum absolute atomic E-state index is 0.0833. The number of allylic oxidation sites excluding steroid dienone is 2. The van der Waals surface area contributed by atoms with Crippen molar-refractivity contribution < 1.29 is 30.2 Å². The molecule has 0 saturated carbocycles. The van der Waals surface area contributed by atoms with Crippen LogP contribution in [0.15, 0.2) is 91.4 Å². The van der Waals surface area contributed by atoms with Gasteiger partial charge in [-0.1, -0.05) is 56.2 Å². The molecule has 0 aromatic heterocycles. The Morgan fingerprint density at radius 1 is 0.935 bits per heavy atom. The van der Waals surface area contributed by atoms with E-state index >= 15 is 0 Å². The molecule has 0 amide bonds. The van der Waals surface area contributed by atoms with Crippen LogP contribution in [0.3, 0.4) is 0 Å². The molecule has 0 heterocycles. The van der Waals surface area contributed by atoms with Gasteiger partial charge in [-0.05, 0) is 6.42 Å². The fraction of sp³-hybridized carbons (Fsp3) is 0.214. The van der Waals surface area contributed by atoms with E-state index < -0.39 is 0 Å². The number of fused-ring (bicyclic) bond motifs is 3. The maximum atomic E-state index is 9.33. The summed E-state index contributed by atoms with van der Waals surface area (Å²) in [6, 6.07) is 26.3. The molecular formula is C28H32O2Ti-2. The van der Waals surface area contributed by atoms with Crippen LogP contribution < -0.4 is 10.2 Å². The van der Waals surface area contributed by atoms with Gasteiger partial charge in [0, 0.05) is 0 Å². The average molecular weight is 448 g/mol. The largest absolute Gasteiger partial charge is 0.211 e. The minimum atomic E-state index is -0.0833. The second-order valence-electron chi connectivity index (χ2n) is 7.26. The van der Waals surface area contributed by atoms with Gasteiger partial charge in [0.1, 0.15) is 0 Å². The molecule has 0 saturated heterocycles. The molecule has 1 aliphatic rings. The first kappa shape index (κ1) is 28.5. The van der Waals surface area contributed by atoms with E-state index in [-0.39, 0.29) is 11.5 Å². The Labute approximate surface area is 199 Å². The first-order valence-corrected chi connectivity index (χ1v) is 10.8. The standard InChI is InChI=1S/C13H9.C6H7.2C3H6O.C3H6.Ti/c1-3-7-12-10(5-1)9-11-6-2-4-8-13(11)12;1-6-4-2-3-5-6;2*1-3(2)4;1-3-2;/h1-5,7-8H,9H2;2-5H,1H3;2*4H,1H2,2H3;1-2H3;/q2*-1;;;;+2/p-2. The van der Waals surface area contributed by atoms with Crippen molar-refractivity contribution in [1.29, 1.82) is 0 Å². The first-order chi connectivity index (χ1) is 14.5. The molecular weight excluding hydrogens is 416 g/mol. The Bertz CT molecular complexity index is 853. The van der Waals surface area contributed by atoms with Gasteiger partial charge in [-0.3, -0.25) is 0 Å². The van der Waals surface area contributed by atoms with Crippen LogP contribution in [-0.2, 0) is 26.4 Å². The van der Waals surface area contributed by atoms with Crippen molar-refractivity contribution >= 4 is 3.81 Å². The Kier molecular flexibility index (Phi) is 14.9. The number of rotatable bonds is 0. The molecule has 3 aromatic rings. The van der Waals surface area contributed by atoms with Crippen LogP contribution in [0, 0.1) is 13.0 Å². The van der Waals surface area contributed by atoms with Gasteiger partial charge in [-0.15, -0.1) is 30.2 Å². The Hall–Kier alpha value is -2.55. The molecule has 0 bridgehead atoms. The molecule has 0 atom stereocenters. The van der Waals surface area contributed by atoms with Gasteiger partial charge in [0.05, 0.1) is 0 Å². The molecule has 4 rings (SSSR count). The number of hydrogen-bond donors (Lipinski definition) is 0. The van der Waals surface area contributed by atoms with Crippen molar-refractivity contribution in [3.63, 3.8) is 0 Å². The third-order valence-electron chi connectivity index (χ3n) is 3.45. The van der Waals surface area contributed by atoms with Crippen molar-refractivity contribution in [1.82, 2.24) is 0 Å². The zero-order valence-electron chi connectivity index (χ0n) is 19.3. The van der Waals surface area contributed by atoms with Crippen molar-refractivity contribution in [2.75, 3.05) is 0 Å². The van der Waals surface area contributed by atoms with Crippen LogP contribution in [0.25, 0.3) is 11.1 Å². The fourth-order valence-electron chi connectivity index (χ4n) is 2.47. The summed E-state index contributed by atoms with van der Waals surface area (Å²) in [5.41, 5.74) is 6.85. The van der Waals surface area contributed by atoms with Crippen molar-refractivity contribution in [3.8, 4) is 11.1 Å². The van der Waals surface area contributed by atoms with Crippen molar-refractivity contribution in [2.45, 2.75) is 41.0 Å². The van der Waals surface area contributed by atoms with Gasteiger partial charge < -0.3 is 10.2 Å². The third-order valence-corrected chi connectivity index (χ3v) is 3.45. The van der Waals surface area contributed by atoms with Gasteiger partial charge in [0.25, 0.3) is 0 Å². The van der Waals surface area contributed by atoms with E-state index in [0.717, 1.165) is 6.42 Å². The van der Waals surface area contributed by atoms with Crippen LogP contribution in [0.1, 0.15) is 44.4 Å². The molecule has 0 fully saturated rings. The van der Waals surface area contributed by atoms with Gasteiger partial charge in [0.2, 0.25) is 0 Å². The van der Waals surface area contributed by atoms with E-state index in [9.17, 15) is 10.2 Å². The zero-order chi connectivity index (χ0) is 23.8. The minimum Gasteiger partial charge on any atom is -0.211 e. The summed E-state index contributed by atoms with van der Waals surface area (Å²) in [4.78, 5) is 0. The Balaban J connectivity index is 0.000000422. The van der Waals surface area contributed by atoms with E-state index in [2.05, 4.69) is 108 Å². The SMILES string of the molecule is C=C(C)[O-].C=C(C)[O-].C[C](C)=[Ti+2].Cc1cc[cH-]c1.[c-]1cccc2c1Cc1ccccc1-2. The molecule has 1 aliphatic carbocycles. The predicted molar refractivity (Wildman–Crippen MR) is 126 cm³/mol. The summed E-state index contributed by atoms with van der Waals surface area (Å²) >= 11 is 2.08. The van der Waals surface area contributed by atoms with E-state index in [1.807, 2.05) is 18.2 Å². The molecule has 0 spiro atoms. The second-order valence-corrected chi connectivity index (χ2v) is 8.82. The third kappa shape index (κ3) is 15.0. The Morgan fingerprint density at radius 3 is 1.90 bits per heavy atom. The Morgan fingerprint density at radius 2 is 1.45 bits per heavy atom. The van der Waals surface area contributed by atoms with E-state index in [1.54, 1.807) is 0 Å². The number of aryl methyl sites for hydroxylation is 1. The summed E-state index contributed by atoms with van der Waals surface area (Å²) in [6.45, 7) is 15.1. The van der Waals surface area contributed by atoms with Crippen LogP contribution in [-0.4, -0.2) is 3.81 Å². The normalized spacial score (nSPS) is 9.39. The maximum absolute atomic E-state index is 9.33. The van der Waals surface area contributed by atoms with Gasteiger partial charge >= 0.3 is 37.6 Å². The molecule has 0 unspecified atom stereocenters. The first-order valence-electron chi connectivity index (χ1n) is 9.97. The quantitative estimate of drug-likeness (QED) is 0.209. The second kappa shape index (κ2) is 16.2. The zero-order valence-corrected chi connectivity index (χ0v) is 20.9. The van der Waals surface area contributed by atoms with Crippen LogP contribution >= 0.6 is 0 Å². The molecule has 162 valence electrons. The summed E-state index contributed by atoms with van der Waals surface area (Å²) in [7, 11) is 0. The number of benzene rings is 2. The molecule has 3 heteroatoms. The molecule has 0 aliphatic heterocycles. The van der Waals surface area contributed by atoms with Crippen molar-refractivity contribution in [3.05, 3.63) is 114 Å². The van der Waals surface area contributed by atoms with Gasteiger partial charge in [-0.2, -0.15) is 48.0 Å². The van der Waals surface area contributed by atoms with Crippen LogP contribution in [0.5, 0.6) is 0 Å². The molecule has 0 radical (unpaired) electrons. The molecule has 0 N–H and O–H groups in total. The summed E-state index contributed by atoms with van der Waals surface area (Å²) in [5.74, 6) is -0.167. The summed E-state index contributed by atoms with van der Waals surface area (Å²) < 4.78 is 1.42.